The summed E-state index contributed by atoms with van der Waals surface area (Å²) >= 11 is 0. The van der Waals surface area contributed by atoms with Gasteiger partial charge >= 0.3 is 0 Å². The Labute approximate surface area is 67.9 Å². The van der Waals surface area contributed by atoms with Crippen molar-refractivity contribution in [2.75, 3.05) is 13.1 Å². The molecule has 0 aromatic rings. The molecule has 1 aliphatic heterocycles. The summed E-state index contributed by atoms with van der Waals surface area (Å²) in [6, 6.07) is 0. The van der Waals surface area contributed by atoms with Crippen LogP contribution >= 0.6 is 0 Å². The van der Waals surface area contributed by atoms with Crippen molar-refractivity contribution in [2.45, 2.75) is 38.9 Å². The summed E-state index contributed by atoms with van der Waals surface area (Å²) < 4.78 is 5.73. The van der Waals surface area contributed by atoms with Crippen LogP contribution in [0.15, 0.2) is 0 Å². The Kier molecular flexibility index (Phi) is 1.99. The lowest BCUT2D eigenvalue weighted by molar-refractivity contribution is -0.254. The Hall–Kier alpha value is -0.120. The number of hydrogen-bond acceptors (Lipinski definition) is 3. The molecule has 3 nitrogen and oxygen atoms in total. The Morgan fingerprint density at radius 3 is 1.73 bits per heavy atom. The first-order valence-electron chi connectivity index (χ1n) is 3.95. The van der Waals surface area contributed by atoms with Gasteiger partial charge in [-0.3, -0.25) is 0 Å². The molecular weight excluding hydrogens is 142 g/mol. The van der Waals surface area contributed by atoms with Crippen molar-refractivity contribution in [1.29, 1.82) is 0 Å². The van der Waals surface area contributed by atoms with Crippen molar-refractivity contribution in [2.24, 2.45) is 0 Å². The van der Waals surface area contributed by atoms with E-state index in [1.54, 1.807) is 0 Å². The number of rotatable bonds is 0. The third-order valence-corrected chi connectivity index (χ3v) is 1.68. The van der Waals surface area contributed by atoms with E-state index in [2.05, 4.69) is 0 Å². The Balaban J connectivity index is 2.66. The summed E-state index contributed by atoms with van der Waals surface area (Å²) in [6.07, 6.45) is 0. The molecule has 1 N–H and O–H groups in total. The molecule has 66 valence electrons. The lowest BCUT2D eigenvalue weighted by atomic mass is 10.0. The Morgan fingerprint density at radius 1 is 1.09 bits per heavy atom. The van der Waals surface area contributed by atoms with Crippen molar-refractivity contribution in [1.82, 2.24) is 5.06 Å². The van der Waals surface area contributed by atoms with Crippen LogP contribution in [0.3, 0.4) is 0 Å². The van der Waals surface area contributed by atoms with Gasteiger partial charge in [0.05, 0.1) is 24.3 Å². The molecule has 0 saturated carbocycles. The summed E-state index contributed by atoms with van der Waals surface area (Å²) in [7, 11) is 0. The van der Waals surface area contributed by atoms with E-state index < -0.39 is 0 Å². The van der Waals surface area contributed by atoms with E-state index in [1.807, 2.05) is 27.7 Å². The summed E-state index contributed by atoms with van der Waals surface area (Å²) in [6.45, 7) is 9.09. The SMILES string of the molecule is CC1(C)CN(O)CC(C)(C)O1. The molecule has 1 heterocycles. The lowest BCUT2D eigenvalue weighted by Gasteiger charge is -2.44. The molecular formula is C8H17NO2. The van der Waals surface area contributed by atoms with Gasteiger partial charge in [-0.15, -0.1) is 0 Å². The van der Waals surface area contributed by atoms with Crippen molar-refractivity contribution in [3.63, 3.8) is 0 Å². The Morgan fingerprint density at radius 2 is 1.45 bits per heavy atom. The van der Waals surface area contributed by atoms with Gasteiger partial charge in [0.2, 0.25) is 0 Å². The van der Waals surface area contributed by atoms with Crippen LogP contribution in [0.25, 0.3) is 0 Å². The fourth-order valence-corrected chi connectivity index (χ4v) is 1.75. The average molecular weight is 159 g/mol. The zero-order valence-corrected chi connectivity index (χ0v) is 7.72. The predicted molar refractivity (Wildman–Crippen MR) is 42.6 cm³/mol. The number of nitrogens with zero attached hydrogens (tertiary/aromatic N) is 1. The molecule has 0 spiro atoms. The van der Waals surface area contributed by atoms with E-state index in [9.17, 15) is 5.21 Å². The number of ether oxygens (including phenoxy) is 1. The molecule has 1 aliphatic rings. The summed E-state index contributed by atoms with van der Waals surface area (Å²) in [4.78, 5) is 0. The maximum atomic E-state index is 9.33. The number of hydroxylamine groups is 2. The zero-order chi connectivity index (χ0) is 8.70. The normalized spacial score (nSPS) is 30.3. The van der Waals surface area contributed by atoms with Gasteiger partial charge in [-0.05, 0) is 27.7 Å². The fraction of sp³-hybridized carbons (Fsp3) is 1.00. The van der Waals surface area contributed by atoms with E-state index in [1.165, 1.54) is 5.06 Å². The van der Waals surface area contributed by atoms with E-state index in [0.29, 0.717) is 13.1 Å². The molecule has 11 heavy (non-hydrogen) atoms. The highest BCUT2D eigenvalue weighted by atomic mass is 16.6. The van der Waals surface area contributed by atoms with Gasteiger partial charge in [-0.1, -0.05) is 0 Å². The maximum absolute atomic E-state index is 9.33. The van der Waals surface area contributed by atoms with Gasteiger partial charge in [0.25, 0.3) is 0 Å². The lowest BCUT2D eigenvalue weighted by Crippen LogP contribution is -2.55. The second kappa shape index (κ2) is 2.44. The minimum atomic E-state index is -0.240. The summed E-state index contributed by atoms with van der Waals surface area (Å²) in [5, 5.41) is 10.7. The van der Waals surface area contributed by atoms with E-state index in [-0.39, 0.29) is 11.2 Å². The third kappa shape index (κ3) is 2.43. The van der Waals surface area contributed by atoms with Crippen LogP contribution in [-0.2, 0) is 4.74 Å². The minimum absolute atomic E-state index is 0.240. The van der Waals surface area contributed by atoms with Gasteiger partial charge in [-0.2, -0.15) is 5.06 Å². The quantitative estimate of drug-likeness (QED) is 0.577. The van der Waals surface area contributed by atoms with Crippen LogP contribution in [0, 0.1) is 0 Å². The van der Waals surface area contributed by atoms with Gasteiger partial charge in [-0.25, -0.2) is 0 Å². The second-order valence-electron chi connectivity index (χ2n) is 4.44. The molecule has 0 atom stereocenters. The number of hydrogen-bond donors (Lipinski definition) is 1. The first kappa shape index (κ1) is 8.97. The third-order valence-electron chi connectivity index (χ3n) is 1.68. The first-order valence-corrected chi connectivity index (χ1v) is 3.95. The van der Waals surface area contributed by atoms with Gasteiger partial charge in [0.1, 0.15) is 0 Å². The minimum Gasteiger partial charge on any atom is -0.367 e. The largest absolute Gasteiger partial charge is 0.367 e. The van der Waals surface area contributed by atoms with E-state index in [4.69, 9.17) is 4.74 Å². The first-order chi connectivity index (χ1) is 4.81. The molecule has 0 aliphatic carbocycles. The molecule has 0 aromatic heterocycles. The maximum Gasteiger partial charge on any atom is 0.0784 e. The van der Waals surface area contributed by atoms with E-state index in [0.717, 1.165) is 0 Å². The van der Waals surface area contributed by atoms with Crippen molar-refractivity contribution >= 4 is 0 Å². The van der Waals surface area contributed by atoms with E-state index >= 15 is 0 Å². The predicted octanol–water partition coefficient (Wildman–Crippen LogP) is 1.26. The van der Waals surface area contributed by atoms with Crippen molar-refractivity contribution in [3.8, 4) is 0 Å². The Bertz CT molecular complexity index is 138. The molecule has 0 unspecified atom stereocenters. The number of morpholine rings is 1. The molecule has 0 aromatic carbocycles. The average Bonchev–Trinajstić information content (AvgIpc) is 1.49. The summed E-state index contributed by atoms with van der Waals surface area (Å²) in [5.74, 6) is 0. The molecule has 0 radical (unpaired) electrons. The van der Waals surface area contributed by atoms with Crippen LogP contribution in [0.5, 0.6) is 0 Å². The van der Waals surface area contributed by atoms with Crippen LogP contribution in [0.1, 0.15) is 27.7 Å². The topological polar surface area (TPSA) is 32.7 Å². The smallest absolute Gasteiger partial charge is 0.0784 e. The highest BCUT2D eigenvalue weighted by Gasteiger charge is 2.37. The van der Waals surface area contributed by atoms with Crippen LogP contribution < -0.4 is 0 Å². The van der Waals surface area contributed by atoms with Crippen LogP contribution in [0.2, 0.25) is 0 Å². The summed E-state index contributed by atoms with van der Waals surface area (Å²) in [5.41, 5.74) is -0.479. The molecule has 0 bridgehead atoms. The van der Waals surface area contributed by atoms with Crippen LogP contribution in [-0.4, -0.2) is 34.6 Å². The van der Waals surface area contributed by atoms with Crippen LogP contribution in [0.4, 0.5) is 0 Å². The standard InChI is InChI=1S/C8H17NO2/c1-7(2)5-9(10)6-8(3,4)11-7/h10H,5-6H2,1-4H3. The van der Waals surface area contributed by atoms with Gasteiger partial charge in [0, 0.05) is 0 Å². The second-order valence-corrected chi connectivity index (χ2v) is 4.44. The highest BCUT2D eigenvalue weighted by molar-refractivity contribution is 4.85. The molecule has 3 heteroatoms. The van der Waals surface area contributed by atoms with Crippen molar-refractivity contribution in [3.05, 3.63) is 0 Å². The van der Waals surface area contributed by atoms with Gasteiger partial charge < -0.3 is 9.94 Å². The molecule has 1 saturated heterocycles. The monoisotopic (exact) mass is 159 g/mol. The molecule has 1 rings (SSSR count). The highest BCUT2D eigenvalue weighted by Crippen LogP contribution is 2.26. The van der Waals surface area contributed by atoms with Crippen molar-refractivity contribution < 1.29 is 9.94 Å². The molecule has 1 fully saturated rings. The zero-order valence-electron chi connectivity index (χ0n) is 7.72. The van der Waals surface area contributed by atoms with Gasteiger partial charge in [0.15, 0.2) is 0 Å². The fourth-order valence-electron chi connectivity index (χ4n) is 1.75. The molecule has 0 amide bonds.